The molecule has 2 aromatic heterocycles. The highest BCUT2D eigenvalue weighted by Gasteiger charge is 2.41. The van der Waals surface area contributed by atoms with Crippen LogP contribution in [-0.2, 0) is 13.6 Å². The van der Waals surface area contributed by atoms with Gasteiger partial charge in [0.05, 0.1) is 18.5 Å². The summed E-state index contributed by atoms with van der Waals surface area (Å²) in [5.74, 6) is 2.32. The summed E-state index contributed by atoms with van der Waals surface area (Å²) >= 11 is 0. The average Bonchev–Trinajstić information content (AvgIpc) is 3.44. The van der Waals surface area contributed by atoms with Crippen LogP contribution in [0.2, 0.25) is 0 Å². The summed E-state index contributed by atoms with van der Waals surface area (Å²) < 4.78 is 7.56. The summed E-state index contributed by atoms with van der Waals surface area (Å²) in [5.41, 5.74) is 4.86. The number of aromatic nitrogens is 2. The van der Waals surface area contributed by atoms with E-state index < -0.39 is 0 Å². The Morgan fingerprint density at radius 2 is 2.03 bits per heavy atom. The van der Waals surface area contributed by atoms with Crippen LogP contribution in [0, 0.1) is 5.92 Å². The van der Waals surface area contributed by atoms with Crippen molar-refractivity contribution in [3.05, 3.63) is 60.2 Å². The fourth-order valence-corrected chi connectivity index (χ4v) is 5.36. The highest BCUT2D eigenvalue weighted by molar-refractivity contribution is 5.63. The molecule has 2 bridgehead atoms. The van der Waals surface area contributed by atoms with Crippen molar-refractivity contribution in [2.24, 2.45) is 13.0 Å². The molecule has 6 heteroatoms. The Morgan fingerprint density at radius 3 is 2.71 bits per heavy atom. The molecule has 3 aliphatic heterocycles. The van der Waals surface area contributed by atoms with Crippen molar-refractivity contribution < 1.29 is 4.42 Å². The molecular formula is C25H33N5O. The molecule has 3 aliphatic rings. The lowest BCUT2D eigenvalue weighted by atomic mass is 9.74. The zero-order chi connectivity index (χ0) is 21.4. The molecule has 1 aromatic carbocycles. The van der Waals surface area contributed by atoms with E-state index in [0.29, 0.717) is 12.0 Å². The topological polar surface area (TPSA) is 49.5 Å². The predicted molar refractivity (Wildman–Crippen MR) is 124 cm³/mol. The van der Waals surface area contributed by atoms with E-state index in [9.17, 15) is 0 Å². The lowest BCUT2D eigenvalue weighted by Gasteiger charge is -2.50. The minimum atomic E-state index is 0.572. The normalized spacial score (nSPS) is 25.1. The van der Waals surface area contributed by atoms with Gasteiger partial charge in [-0.15, -0.1) is 0 Å². The Balaban J connectivity index is 1.25. The van der Waals surface area contributed by atoms with Crippen molar-refractivity contribution in [1.29, 1.82) is 0 Å². The van der Waals surface area contributed by atoms with E-state index in [4.69, 9.17) is 9.52 Å². The smallest absolute Gasteiger partial charge is 0.117 e. The number of piperidine rings is 3. The summed E-state index contributed by atoms with van der Waals surface area (Å²) in [6.45, 7) is 4.18. The SMILES string of the molecule is CN(C)c1ccc(-c2cc([C@H]3CN4CC[C@H]3C[C@@H]4CNCc3ccco3)n(C)n2)cc1. The Morgan fingerprint density at radius 1 is 1.19 bits per heavy atom. The molecule has 0 saturated carbocycles. The van der Waals surface area contributed by atoms with Crippen LogP contribution in [-0.4, -0.2) is 54.5 Å². The Hall–Kier alpha value is -2.57. The third-order valence-electron chi connectivity index (χ3n) is 7.11. The molecule has 3 fully saturated rings. The number of furan rings is 1. The van der Waals surface area contributed by atoms with Gasteiger partial charge in [-0.25, -0.2) is 0 Å². The van der Waals surface area contributed by atoms with E-state index >= 15 is 0 Å². The van der Waals surface area contributed by atoms with E-state index in [1.54, 1.807) is 6.26 Å². The fourth-order valence-electron chi connectivity index (χ4n) is 5.36. The molecule has 3 aromatic rings. The minimum absolute atomic E-state index is 0.572. The van der Waals surface area contributed by atoms with Crippen molar-refractivity contribution in [3.8, 4) is 11.3 Å². The van der Waals surface area contributed by atoms with Crippen LogP contribution in [0.3, 0.4) is 0 Å². The third-order valence-corrected chi connectivity index (χ3v) is 7.11. The maximum absolute atomic E-state index is 5.44. The highest BCUT2D eigenvalue weighted by atomic mass is 16.3. The summed E-state index contributed by atoms with van der Waals surface area (Å²) in [6.07, 6.45) is 4.29. The number of anilines is 1. The van der Waals surface area contributed by atoms with Gasteiger partial charge in [-0.3, -0.25) is 9.58 Å². The van der Waals surface area contributed by atoms with E-state index in [2.05, 4.69) is 71.3 Å². The summed E-state index contributed by atoms with van der Waals surface area (Å²) in [7, 11) is 6.25. The van der Waals surface area contributed by atoms with Crippen molar-refractivity contribution in [2.45, 2.75) is 31.3 Å². The van der Waals surface area contributed by atoms with Crippen LogP contribution in [0.4, 0.5) is 5.69 Å². The molecule has 6 rings (SSSR count). The molecule has 0 spiro atoms. The zero-order valence-electron chi connectivity index (χ0n) is 18.8. The lowest BCUT2D eigenvalue weighted by Crippen LogP contribution is -2.55. The van der Waals surface area contributed by atoms with Gasteiger partial charge in [0.1, 0.15) is 5.76 Å². The van der Waals surface area contributed by atoms with Gasteiger partial charge < -0.3 is 14.6 Å². The standard InChI is InChI=1S/C25H33N5O/c1-28(2)20-8-6-18(7-9-20)24-14-25(29(3)27-24)23-17-30-11-10-19(23)13-21(30)15-26-16-22-5-4-12-31-22/h4-9,12,14,19,21,23,26H,10-11,13,15-17H2,1-3H3/t19-,21+,23-/m0/s1. The molecule has 4 atom stereocenters. The number of aryl methyl sites for hydroxylation is 1. The molecule has 3 saturated heterocycles. The van der Waals surface area contributed by atoms with Gasteiger partial charge in [-0.1, -0.05) is 12.1 Å². The van der Waals surface area contributed by atoms with Gasteiger partial charge in [0.2, 0.25) is 0 Å². The van der Waals surface area contributed by atoms with E-state index in [1.165, 1.54) is 36.3 Å². The quantitative estimate of drug-likeness (QED) is 0.633. The Kier molecular flexibility index (Phi) is 5.59. The molecule has 31 heavy (non-hydrogen) atoms. The van der Waals surface area contributed by atoms with Gasteiger partial charge in [-0.05, 0) is 55.6 Å². The van der Waals surface area contributed by atoms with Gasteiger partial charge in [0.15, 0.2) is 0 Å². The molecule has 164 valence electrons. The van der Waals surface area contributed by atoms with Crippen LogP contribution in [0.15, 0.2) is 53.1 Å². The highest BCUT2D eigenvalue weighted by Crippen LogP contribution is 2.42. The van der Waals surface area contributed by atoms with Crippen LogP contribution in [0.1, 0.15) is 30.2 Å². The largest absolute Gasteiger partial charge is 0.468 e. The monoisotopic (exact) mass is 419 g/mol. The predicted octanol–water partition coefficient (Wildman–Crippen LogP) is 3.71. The van der Waals surface area contributed by atoms with Gasteiger partial charge in [-0.2, -0.15) is 5.10 Å². The Labute approximate surface area is 184 Å². The van der Waals surface area contributed by atoms with Gasteiger partial charge >= 0.3 is 0 Å². The molecule has 1 unspecified atom stereocenters. The second-order valence-electron chi connectivity index (χ2n) is 9.27. The number of hydrogen-bond acceptors (Lipinski definition) is 5. The first kappa shape index (κ1) is 20.3. The maximum Gasteiger partial charge on any atom is 0.117 e. The van der Waals surface area contributed by atoms with E-state index in [-0.39, 0.29) is 0 Å². The maximum atomic E-state index is 5.44. The molecule has 5 heterocycles. The third kappa shape index (κ3) is 4.14. The number of hydrogen-bond donors (Lipinski definition) is 1. The first-order valence-electron chi connectivity index (χ1n) is 11.4. The average molecular weight is 420 g/mol. The Bertz CT molecular complexity index is 992. The molecule has 0 amide bonds. The molecule has 0 radical (unpaired) electrons. The molecule has 6 nitrogen and oxygen atoms in total. The van der Waals surface area contributed by atoms with Gasteiger partial charge in [0.25, 0.3) is 0 Å². The van der Waals surface area contributed by atoms with E-state index in [0.717, 1.165) is 37.0 Å². The van der Waals surface area contributed by atoms with Crippen LogP contribution < -0.4 is 10.2 Å². The van der Waals surface area contributed by atoms with Crippen molar-refractivity contribution in [1.82, 2.24) is 20.0 Å². The van der Waals surface area contributed by atoms with Crippen molar-refractivity contribution >= 4 is 5.69 Å². The second-order valence-corrected chi connectivity index (χ2v) is 9.27. The molecular weight excluding hydrogens is 386 g/mol. The number of nitrogens with zero attached hydrogens (tertiary/aromatic N) is 4. The summed E-state index contributed by atoms with van der Waals surface area (Å²) in [5, 5.41) is 8.46. The molecule has 1 N–H and O–H groups in total. The van der Waals surface area contributed by atoms with Crippen LogP contribution in [0.5, 0.6) is 0 Å². The van der Waals surface area contributed by atoms with Crippen LogP contribution >= 0.6 is 0 Å². The first-order valence-corrected chi connectivity index (χ1v) is 11.4. The summed E-state index contributed by atoms with van der Waals surface area (Å²) in [4.78, 5) is 4.80. The summed E-state index contributed by atoms with van der Waals surface area (Å²) in [6, 6.07) is 15.6. The zero-order valence-corrected chi connectivity index (χ0v) is 18.8. The first-order chi connectivity index (χ1) is 15.1. The van der Waals surface area contributed by atoms with Gasteiger partial charge in [0, 0.05) is 63.1 Å². The second kappa shape index (κ2) is 8.52. The van der Waals surface area contributed by atoms with Crippen molar-refractivity contribution in [2.75, 3.05) is 38.6 Å². The number of benzene rings is 1. The van der Waals surface area contributed by atoms with Crippen molar-refractivity contribution in [3.63, 3.8) is 0 Å². The van der Waals surface area contributed by atoms with Crippen LogP contribution in [0.25, 0.3) is 11.3 Å². The minimum Gasteiger partial charge on any atom is -0.468 e. The number of rotatable bonds is 7. The fraction of sp³-hybridized carbons (Fsp3) is 0.480. The number of fused-ring (bicyclic) bond motifs is 3. The van der Waals surface area contributed by atoms with E-state index in [1.807, 2.05) is 12.1 Å². The number of nitrogens with one attached hydrogen (secondary N) is 1. The molecule has 0 aliphatic carbocycles. The lowest BCUT2D eigenvalue weighted by molar-refractivity contribution is 0.0280.